The summed E-state index contributed by atoms with van der Waals surface area (Å²) in [6.45, 7) is 15.9. The quantitative estimate of drug-likeness (QED) is 0.604. The Morgan fingerprint density at radius 3 is 2.00 bits per heavy atom. The van der Waals surface area contributed by atoms with Gasteiger partial charge in [-0.2, -0.15) is 0 Å². The maximum atomic E-state index is 2.59. The highest BCUT2D eigenvalue weighted by atomic mass is 15.2. The van der Waals surface area contributed by atoms with Crippen molar-refractivity contribution in [1.82, 2.24) is 4.90 Å². The second kappa shape index (κ2) is 5.64. The van der Waals surface area contributed by atoms with Gasteiger partial charge in [0.2, 0.25) is 0 Å². The van der Waals surface area contributed by atoms with E-state index in [9.17, 15) is 0 Å². The third kappa shape index (κ3) is 4.66. The first-order valence-corrected chi connectivity index (χ1v) is 5.75. The molecule has 1 saturated heterocycles. The summed E-state index contributed by atoms with van der Waals surface area (Å²) < 4.78 is 0. The van der Waals surface area contributed by atoms with Gasteiger partial charge < -0.3 is 4.90 Å². The summed E-state index contributed by atoms with van der Waals surface area (Å²) >= 11 is 0. The number of rotatable bonds is 1. The summed E-state index contributed by atoms with van der Waals surface area (Å²) in [7, 11) is 0. The molecule has 0 aliphatic carbocycles. The Kier molecular flexibility index (Phi) is 5.62. The lowest BCUT2D eigenvalue weighted by Crippen LogP contribution is -2.43. The van der Waals surface area contributed by atoms with Crippen LogP contribution in [0.15, 0.2) is 0 Å². The van der Waals surface area contributed by atoms with E-state index >= 15 is 0 Å². The zero-order chi connectivity index (χ0) is 10.5. The molecule has 0 radical (unpaired) electrons. The van der Waals surface area contributed by atoms with Crippen molar-refractivity contribution in [2.75, 3.05) is 13.1 Å². The normalized spacial score (nSPS) is 22.4. The molecule has 1 aliphatic heterocycles. The Morgan fingerprint density at radius 2 is 1.69 bits per heavy atom. The second-order valence-corrected chi connectivity index (χ2v) is 4.83. The SMILES string of the molecule is CC.CC(C)N1CCCC(C)(C)C1. The number of hydrogen-bond donors (Lipinski definition) is 0. The number of likely N-dealkylation sites (tertiary alicyclic amines) is 1. The highest BCUT2D eigenvalue weighted by molar-refractivity contribution is 4.80. The highest BCUT2D eigenvalue weighted by Crippen LogP contribution is 2.29. The number of piperidine rings is 1. The van der Waals surface area contributed by atoms with Crippen LogP contribution in [0.3, 0.4) is 0 Å². The molecular weight excluding hydrogens is 158 g/mol. The lowest BCUT2D eigenvalue weighted by Gasteiger charge is -2.40. The van der Waals surface area contributed by atoms with Crippen molar-refractivity contribution in [3.8, 4) is 0 Å². The summed E-state index contributed by atoms with van der Waals surface area (Å²) in [5.41, 5.74) is 0.558. The first kappa shape index (κ1) is 13.0. The largest absolute Gasteiger partial charge is 0.300 e. The van der Waals surface area contributed by atoms with Gasteiger partial charge in [-0.15, -0.1) is 0 Å². The van der Waals surface area contributed by atoms with Crippen molar-refractivity contribution in [1.29, 1.82) is 0 Å². The van der Waals surface area contributed by atoms with Crippen LogP contribution >= 0.6 is 0 Å². The zero-order valence-corrected chi connectivity index (χ0v) is 10.4. The fourth-order valence-electron chi connectivity index (χ4n) is 1.91. The summed E-state index contributed by atoms with van der Waals surface area (Å²) in [6, 6.07) is 0.731. The fourth-order valence-corrected chi connectivity index (χ4v) is 1.91. The maximum Gasteiger partial charge on any atom is 0.00388 e. The average Bonchev–Trinajstić information content (AvgIpc) is 2.06. The molecule has 1 rings (SSSR count). The molecule has 0 unspecified atom stereocenters. The molecule has 0 aromatic carbocycles. The Labute approximate surface area is 84.5 Å². The summed E-state index contributed by atoms with van der Waals surface area (Å²) in [5, 5.41) is 0. The smallest absolute Gasteiger partial charge is 0.00388 e. The van der Waals surface area contributed by atoms with Gasteiger partial charge in [0, 0.05) is 12.6 Å². The molecule has 1 nitrogen and oxygen atoms in total. The molecule has 1 fully saturated rings. The van der Waals surface area contributed by atoms with Crippen molar-refractivity contribution in [2.24, 2.45) is 5.41 Å². The van der Waals surface area contributed by atoms with Crippen molar-refractivity contribution in [3.05, 3.63) is 0 Å². The Hall–Kier alpha value is -0.0400. The van der Waals surface area contributed by atoms with Crippen LogP contribution in [0, 0.1) is 5.41 Å². The molecule has 1 aliphatic rings. The van der Waals surface area contributed by atoms with E-state index in [1.165, 1.54) is 25.9 Å². The monoisotopic (exact) mass is 185 g/mol. The first-order chi connectivity index (χ1) is 6.01. The molecule has 80 valence electrons. The Bertz CT molecular complexity index is 127. The number of nitrogens with zero attached hydrogens (tertiary/aromatic N) is 1. The first-order valence-electron chi connectivity index (χ1n) is 5.75. The number of hydrogen-bond acceptors (Lipinski definition) is 1. The van der Waals surface area contributed by atoms with Gasteiger partial charge in [0.25, 0.3) is 0 Å². The molecule has 1 heteroatoms. The van der Waals surface area contributed by atoms with Gasteiger partial charge in [-0.25, -0.2) is 0 Å². The fraction of sp³-hybridized carbons (Fsp3) is 1.00. The Balaban J connectivity index is 0.000000671. The predicted octanol–water partition coefficient (Wildman–Crippen LogP) is 3.54. The van der Waals surface area contributed by atoms with Crippen molar-refractivity contribution < 1.29 is 0 Å². The summed E-state index contributed by atoms with van der Waals surface area (Å²) in [5.74, 6) is 0. The van der Waals surface area contributed by atoms with Gasteiger partial charge in [-0.3, -0.25) is 0 Å². The molecule has 13 heavy (non-hydrogen) atoms. The van der Waals surface area contributed by atoms with Crippen molar-refractivity contribution >= 4 is 0 Å². The minimum atomic E-state index is 0.558. The molecule has 1 heterocycles. The van der Waals surface area contributed by atoms with Crippen LogP contribution in [0.1, 0.15) is 54.4 Å². The third-order valence-electron chi connectivity index (χ3n) is 2.66. The standard InChI is InChI=1S/C10H21N.C2H6/c1-9(2)11-7-5-6-10(3,4)8-11;1-2/h9H,5-8H2,1-4H3;1-2H3. The minimum absolute atomic E-state index is 0.558. The molecule has 0 amide bonds. The Morgan fingerprint density at radius 1 is 1.15 bits per heavy atom. The van der Waals surface area contributed by atoms with Crippen molar-refractivity contribution in [2.45, 2.75) is 60.4 Å². The minimum Gasteiger partial charge on any atom is -0.300 e. The lowest BCUT2D eigenvalue weighted by molar-refractivity contribution is 0.0913. The molecule has 0 atom stereocenters. The van der Waals surface area contributed by atoms with Gasteiger partial charge in [0.15, 0.2) is 0 Å². The molecular formula is C12H27N. The van der Waals surface area contributed by atoms with Crippen LogP contribution in [0.2, 0.25) is 0 Å². The van der Waals surface area contributed by atoms with E-state index in [0.29, 0.717) is 5.41 Å². The summed E-state index contributed by atoms with van der Waals surface area (Å²) in [4.78, 5) is 2.59. The average molecular weight is 185 g/mol. The van der Waals surface area contributed by atoms with Crippen LogP contribution in [0.25, 0.3) is 0 Å². The third-order valence-corrected chi connectivity index (χ3v) is 2.66. The van der Waals surface area contributed by atoms with E-state index in [0.717, 1.165) is 6.04 Å². The zero-order valence-electron chi connectivity index (χ0n) is 10.4. The molecule has 0 N–H and O–H groups in total. The van der Waals surface area contributed by atoms with Gasteiger partial charge >= 0.3 is 0 Å². The van der Waals surface area contributed by atoms with E-state index in [4.69, 9.17) is 0 Å². The summed E-state index contributed by atoms with van der Waals surface area (Å²) in [6.07, 6.45) is 2.78. The topological polar surface area (TPSA) is 3.24 Å². The molecule has 0 saturated carbocycles. The van der Waals surface area contributed by atoms with Gasteiger partial charge in [-0.05, 0) is 38.6 Å². The van der Waals surface area contributed by atoms with E-state index < -0.39 is 0 Å². The van der Waals surface area contributed by atoms with Crippen LogP contribution in [-0.2, 0) is 0 Å². The van der Waals surface area contributed by atoms with E-state index in [1.54, 1.807) is 0 Å². The predicted molar refractivity (Wildman–Crippen MR) is 61.1 cm³/mol. The van der Waals surface area contributed by atoms with E-state index in [1.807, 2.05) is 13.8 Å². The molecule has 0 spiro atoms. The van der Waals surface area contributed by atoms with Crippen LogP contribution in [-0.4, -0.2) is 24.0 Å². The van der Waals surface area contributed by atoms with Gasteiger partial charge in [-0.1, -0.05) is 27.7 Å². The van der Waals surface area contributed by atoms with Crippen LogP contribution in [0.4, 0.5) is 0 Å². The van der Waals surface area contributed by atoms with Gasteiger partial charge in [0.05, 0.1) is 0 Å². The van der Waals surface area contributed by atoms with Crippen molar-refractivity contribution in [3.63, 3.8) is 0 Å². The van der Waals surface area contributed by atoms with E-state index in [2.05, 4.69) is 32.6 Å². The molecule has 0 aromatic rings. The molecule has 0 aromatic heterocycles. The van der Waals surface area contributed by atoms with Gasteiger partial charge in [0.1, 0.15) is 0 Å². The second-order valence-electron chi connectivity index (χ2n) is 4.83. The lowest BCUT2D eigenvalue weighted by atomic mass is 9.84. The van der Waals surface area contributed by atoms with Crippen LogP contribution in [0.5, 0.6) is 0 Å². The van der Waals surface area contributed by atoms with Crippen LogP contribution < -0.4 is 0 Å². The highest BCUT2D eigenvalue weighted by Gasteiger charge is 2.27. The molecule has 0 bridgehead atoms. The maximum absolute atomic E-state index is 2.59. The van der Waals surface area contributed by atoms with E-state index in [-0.39, 0.29) is 0 Å².